The Morgan fingerprint density at radius 3 is 2.19 bits per heavy atom. The van der Waals surface area contributed by atoms with Gasteiger partial charge in [-0.25, -0.2) is 4.79 Å². The van der Waals surface area contributed by atoms with Crippen molar-refractivity contribution in [2.75, 3.05) is 0 Å². The fraction of sp³-hybridized carbons (Fsp3) is 0.814. The average Bonchev–Trinajstić information content (AvgIpc) is 3.12. The molecule has 3 aliphatic rings. The van der Waals surface area contributed by atoms with Crippen LogP contribution in [-0.2, 0) is 23.8 Å². The van der Waals surface area contributed by atoms with Gasteiger partial charge in [0.1, 0.15) is 11.7 Å². The molecule has 0 aromatic heterocycles. The first kappa shape index (κ1) is 46.4. The number of rotatable bonds is 3. The number of Topliss-reactive ketones (excluding diaryl/α,β-unsaturated/α-hetero) is 1. The predicted molar refractivity (Wildman–Crippen MR) is 207 cm³/mol. The van der Waals surface area contributed by atoms with E-state index in [0.29, 0.717) is 32.1 Å². The maximum absolute atomic E-state index is 13.4. The fourth-order valence-electron chi connectivity index (χ4n) is 8.33. The number of fused-ring (bicyclic) bond motifs is 2. The lowest BCUT2D eigenvalue weighted by molar-refractivity contribution is -0.347. The lowest BCUT2D eigenvalue weighted by atomic mass is 9.78. The van der Waals surface area contributed by atoms with Crippen molar-refractivity contribution in [3.8, 4) is 0 Å². The summed E-state index contributed by atoms with van der Waals surface area (Å²) < 4.78 is 19.7. The van der Waals surface area contributed by atoms with E-state index in [1.807, 2.05) is 25.2 Å². The molecule has 0 aliphatic carbocycles. The first-order valence-electron chi connectivity index (χ1n) is 20.5. The van der Waals surface area contributed by atoms with Gasteiger partial charge in [0.15, 0.2) is 11.6 Å². The van der Waals surface area contributed by atoms with E-state index in [1.54, 1.807) is 40.7 Å². The molecule has 3 heterocycles. The van der Waals surface area contributed by atoms with Crippen molar-refractivity contribution in [1.29, 1.82) is 0 Å². The third kappa shape index (κ3) is 12.3. The predicted octanol–water partition coefficient (Wildman–Crippen LogP) is 5.18. The van der Waals surface area contributed by atoms with E-state index in [9.17, 15) is 40.2 Å². The molecule has 11 heteroatoms. The zero-order valence-corrected chi connectivity index (χ0v) is 34.2. The second-order valence-corrected chi connectivity index (χ2v) is 17.3. The van der Waals surface area contributed by atoms with E-state index in [-0.39, 0.29) is 30.0 Å². The van der Waals surface area contributed by atoms with E-state index in [2.05, 4.69) is 19.9 Å². The monoisotopic (exact) mass is 765 g/mol. The van der Waals surface area contributed by atoms with Crippen molar-refractivity contribution >= 4 is 11.8 Å². The highest BCUT2D eigenvalue weighted by Crippen LogP contribution is 2.46. The molecule has 54 heavy (non-hydrogen) atoms. The van der Waals surface area contributed by atoms with Gasteiger partial charge in [0.25, 0.3) is 0 Å². The number of hydrogen-bond acceptors (Lipinski definition) is 11. The number of ketones is 1. The van der Waals surface area contributed by atoms with Crippen molar-refractivity contribution in [3.63, 3.8) is 0 Å². The number of carbonyl (C=O) groups is 2. The number of aliphatic hydroxyl groups is 6. The molecule has 2 bridgehead atoms. The van der Waals surface area contributed by atoms with Gasteiger partial charge < -0.3 is 44.8 Å². The molecule has 3 aliphatic heterocycles. The zero-order chi connectivity index (χ0) is 40.5. The third-order valence-electron chi connectivity index (χ3n) is 12.7. The average molecular weight is 765 g/mol. The normalized spacial score (nSPS) is 44.9. The van der Waals surface area contributed by atoms with Crippen molar-refractivity contribution < 1.29 is 54.4 Å². The molecule has 310 valence electrons. The van der Waals surface area contributed by atoms with Crippen molar-refractivity contribution in [2.45, 2.75) is 180 Å². The highest BCUT2D eigenvalue weighted by molar-refractivity contribution is 5.87. The number of carbonyl (C=O) groups excluding carboxylic acids is 2. The molecular formula is C43H72O11. The van der Waals surface area contributed by atoms with Gasteiger partial charge in [-0.05, 0) is 70.1 Å². The third-order valence-corrected chi connectivity index (χ3v) is 12.7. The minimum Gasteiger partial charge on any atom is -0.459 e. The molecule has 17 atom stereocenters. The minimum atomic E-state index is -2.12. The molecule has 11 nitrogen and oxygen atoms in total. The van der Waals surface area contributed by atoms with Gasteiger partial charge >= 0.3 is 5.97 Å². The first-order chi connectivity index (χ1) is 25.2. The van der Waals surface area contributed by atoms with Gasteiger partial charge in [-0.1, -0.05) is 78.8 Å². The second kappa shape index (κ2) is 20.5. The molecule has 3 rings (SSSR count). The van der Waals surface area contributed by atoms with E-state index in [0.717, 1.165) is 19.3 Å². The summed E-state index contributed by atoms with van der Waals surface area (Å²) in [5, 5.41) is 65.5. The van der Waals surface area contributed by atoms with E-state index in [4.69, 9.17) is 14.2 Å². The Kier molecular flexibility index (Phi) is 17.6. The summed E-state index contributed by atoms with van der Waals surface area (Å²) in [5.41, 5.74) is -2.12. The van der Waals surface area contributed by atoms with Gasteiger partial charge in [0, 0.05) is 49.0 Å². The smallest absolute Gasteiger partial charge is 0.330 e. The summed E-state index contributed by atoms with van der Waals surface area (Å²) in [7, 11) is 0. The molecule has 0 saturated carbocycles. The number of hydrogen-bond donors (Lipinski definition) is 6. The molecule has 0 aromatic rings. The number of esters is 1. The summed E-state index contributed by atoms with van der Waals surface area (Å²) in [5.74, 6) is -4.56. The van der Waals surface area contributed by atoms with Crippen LogP contribution in [0.4, 0.5) is 0 Å². The van der Waals surface area contributed by atoms with Gasteiger partial charge in [0.2, 0.25) is 0 Å². The molecule has 0 radical (unpaired) electrons. The summed E-state index contributed by atoms with van der Waals surface area (Å²) in [6.45, 7) is 15.9. The molecule has 0 amide bonds. The SMILES string of the molecule is CCC1C=CC=CCC(C)C(O)C(C)(O)C(=O)CC(O)C(C)C(O)C(C)C(O)C(C)C=CC(=O)OC2CC3(CCC(C)C(CC(C)O)O3)OC(CC1)C2C. The number of ether oxygens (including phenoxy) is 3. The quantitative estimate of drug-likeness (QED) is 0.208. The number of allylic oxidation sites excluding steroid dienone is 4. The van der Waals surface area contributed by atoms with Crippen LogP contribution in [0.2, 0.25) is 0 Å². The Morgan fingerprint density at radius 1 is 0.852 bits per heavy atom. The van der Waals surface area contributed by atoms with Gasteiger partial charge in [-0.15, -0.1) is 0 Å². The van der Waals surface area contributed by atoms with Crippen LogP contribution in [-0.4, -0.2) is 103 Å². The Balaban J connectivity index is 1.93. The van der Waals surface area contributed by atoms with Gasteiger partial charge in [0.05, 0.1) is 42.7 Å². The topological polar surface area (TPSA) is 183 Å². The molecule has 6 N–H and O–H groups in total. The largest absolute Gasteiger partial charge is 0.459 e. The summed E-state index contributed by atoms with van der Waals surface area (Å²) >= 11 is 0. The summed E-state index contributed by atoms with van der Waals surface area (Å²) in [6.07, 6.45) is 8.86. The summed E-state index contributed by atoms with van der Waals surface area (Å²) in [6, 6.07) is 0. The van der Waals surface area contributed by atoms with Crippen LogP contribution in [0.15, 0.2) is 36.5 Å². The molecule has 17 unspecified atom stereocenters. The van der Waals surface area contributed by atoms with Gasteiger partial charge in [-0.2, -0.15) is 0 Å². The Hall–Kier alpha value is -1.96. The van der Waals surface area contributed by atoms with Crippen molar-refractivity contribution in [2.24, 2.45) is 41.4 Å². The molecule has 1 spiro atoms. The minimum absolute atomic E-state index is 0.130. The zero-order valence-electron chi connectivity index (χ0n) is 34.2. The first-order valence-corrected chi connectivity index (χ1v) is 20.5. The van der Waals surface area contributed by atoms with E-state index in [1.165, 1.54) is 13.0 Å². The Labute approximate surface area is 323 Å². The highest BCUT2D eigenvalue weighted by atomic mass is 16.7. The standard InChI is InChI=1S/C43H72O11/c1-10-32-15-13-11-12-14-27(4)41(50)42(9,51)37(46)23-33(45)29(6)40(49)31(8)39(48)26(3)16-19-38(47)52-36-24-43(53-34(18-17-32)30(36)7)21-20-25(2)35(54-43)22-28(5)44/h11-13,15-16,19,25-36,39-41,44-45,48-51H,10,14,17-18,20-24H2,1-9H3. The maximum atomic E-state index is 13.4. The lowest BCUT2D eigenvalue weighted by Crippen LogP contribution is -2.57. The molecular weight excluding hydrogens is 692 g/mol. The molecule has 2 fully saturated rings. The van der Waals surface area contributed by atoms with Crippen LogP contribution in [0.3, 0.4) is 0 Å². The van der Waals surface area contributed by atoms with Crippen LogP contribution < -0.4 is 0 Å². The Morgan fingerprint density at radius 2 is 1.54 bits per heavy atom. The van der Waals surface area contributed by atoms with E-state index < -0.39 is 89.9 Å². The Bertz CT molecular complexity index is 1280. The van der Waals surface area contributed by atoms with Crippen LogP contribution in [0, 0.1) is 41.4 Å². The molecule has 2 saturated heterocycles. The van der Waals surface area contributed by atoms with E-state index >= 15 is 0 Å². The summed E-state index contributed by atoms with van der Waals surface area (Å²) in [4.78, 5) is 26.5. The van der Waals surface area contributed by atoms with Gasteiger partial charge in [-0.3, -0.25) is 4.79 Å². The maximum Gasteiger partial charge on any atom is 0.330 e. The van der Waals surface area contributed by atoms with Crippen LogP contribution in [0.5, 0.6) is 0 Å². The van der Waals surface area contributed by atoms with Crippen LogP contribution >= 0.6 is 0 Å². The second-order valence-electron chi connectivity index (χ2n) is 17.3. The molecule has 0 aromatic carbocycles. The highest BCUT2D eigenvalue weighted by Gasteiger charge is 2.51. The number of aliphatic hydroxyl groups excluding tert-OH is 5. The van der Waals surface area contributed by atoms with Crippen molar-refractivity contribution in [1.82, 2.24) is 0 Å². The van der Waals surface area contributed by atoms with Crippen LogP contribution in [0.25, 0.3) is 0 Å². The fourth-order valence-corrected chi connectivity index (χ4v) is 8.33. The lowest BCUT2D eigenvalue weighted by Gasteiger charge is -2.52. The van der Waals surface area contributed by atoms with Crippen LogP contribution in [0.1, 0.15) is 120 Å². The van der Waals surface area contributed by atoms with Crippen molar-refractivity contribution in [3.05, 3.63) is 36.5 Å².